The van der Waals surface area contributed by atoms with Gasteiger partial charge in [0.1, 0.15) is 22.6 Å². The molecule has 1 fully saturated rings. The molecule has 1 aromatic heterocycles. The molecule has 0 aromatic carbocycles. The zero-order chi connectivity index (χ0) is 38.4. The molecular formula is C34H56IN7O9. The van der Waals surface area contributed by atoms with Gasteiger partial charge in [0.15, 0.2) is 23.0 Å². The van der Waals surface area contributed by atoms with Gasteiger partial charge < -0.3 is 17.3 Å². The number of rotatable bonds is 11. The van der Waals surface area contributed by atoms with Crippen LogP contribution in [-0.2, 0) is 36.5 Å². The molecule has 0 atom stereocenters. The second-order valence-electron chi connectivity index (χ2n) is 15.3. The van der Waals surface area contributed by atoms with E-state index in [1.807, 2.05) is 81.9 Å². The van der Waals surface area contributed by atoms with E-state index in [4.69, 9.17) is 14.2 Å². The summed E-state index contributed by atoms with van der Waals surface area (Å²) >= 11 is 1.50. The average Bonchev–Trinajstić information content (AvgIpc) is 2.98. The monoisotopic (exact) mass is 833 g/mol. The van der Waals surface area contributed by atoms with Crippen molar-refractivity contribution in [1.82, 2.24) is 30.0 Å². The van der Waals surface area contributed by atoms with Crippen LogP contribution >= 0.6 is 23.0 Å². The van der Waals surface area contributed by atoms with E-state index in [0.29, 0.717) is 58.2 Å². The van der Waals surface area contributed by atoms with E-state index in [9.17, 15) is 24.0 Å². The van der Waals surface area contributed by atoms with Crippen LogP contribution < -0.4 is 10.9 Å². The highest BCUT2D eigenvalue weighted by Gasteiger charge is 2.26. The van der Waals surface area contributed by atoms with Gasteiger partial charge in [-0.2, -0.15) is 0 Å². The van der Waals surface area contributed by atoms with Crippen molar-refractivity contribution in [2.45, 2.75) is 79.1 Å². The van der Waals surface area contributed by atoms with E-state index in [2.05, 4.69) is 18.9 Å². The number of hydrazine groups is 1. The van der Waals surface area contributed by atoms with Gasteiger partial charge in [-0.1, -0.05) is 0 Å². The van der Waals surface area contributed by atoms with Gasteiger partial charge in [0.2, 0.25) is 0 Å². The molecule has 0 unspecified atom stereocenters. The lowest BCUT2D eigenvalue weighted by Gasteiger charge is -2.34. The molecule has 1 aliphatic rings. The first-order valence-corrected chi connectivity index (χ1v) is 17.9. The van der Waals surface area contributed by atoms with Crippen molar-refractivity contribution < 1.29 is 41.2 Å². The maximum Gasteiger partial charge on any atom is 0.349 e. The molecule has 16 nitrogen and oxygen atoms in total. The standard InChI is InChI=1S/C34H56IN7O9/c1-32(2,3)48-28(44)22-40-14-12-39(21-27(43)38-37-26-11-10-25(20-36-26)31(47)51-35)13-15-41(23-29(45)49-33(4,5)6)17-19-42(18-16-40)24-30(46)50-34(7,8)9/h10-11,20H,12-19,21-24H2,1-9H3,(H,36,37)(H,38,43). The summed E-state index contributed by atoms with van der Waals surface area (Å²) in [5.41, 5.74) is 3.70. The summed E-state index contributed by atoms with van der Waals surface area (Å²) < 4.78 is 21.5. The van der Waals surface area contributed by atoms with Crippen LogP contribution in [0.3, 0.4) is 0 Å². The van der Waals surface area contributed by atoms with E-state index in [1.165, 1.54) is 41.3 Å². The molecule has 288 valence electrons. The van der Waals surface area contributed by atoms with Crippen LogP contribution in [0.15, 0.2) is 18.3 Å². The molecule has 0 radical (unpaired) electrons. The van der Waals surface area contributed by atoms with E-state index < -0.39 is 22.8 Å². The summed E-state index contributed by atoms with van der Waals surface area (Å²) in [5, 5.41) is 0. The Labute approximate surface area is 315 Å². The van der Waals surface area contributed by atoms with Crippen LogP contribution in [0.2, 0.25) is 0 Å². The van der Waals surface area contributed by atoms with Gasteiger partial charge in [-0.3, -0.25) is 49.6 Å². The number of esters is 3. The molecule has 51 heavy (non-hydrogen) atoms. The van der Waals surface area contributed by atoms with Gasteiger partial charge >= 0.3 is 23.9 Å². The molecular weight excluding hydrogens is 777 g/mol. The van der Waals surface area contributed by atoms with Crippen LogP contribution in [-0.4, -0.2) is 150 Å². The minimum absolute atomic E-state index is 0.00241. The van der Waals surface area contributed by atoms with Crippen molar-refractivity contribution in [3.63, 3.8) is 0 Å². The van der Waals surface area contributed by atoms with Crippen LogP contribution in [0.1, 0.15) is 72.7 Å². The summed E-state index contributed by atoms with van der Waals surface area (Å²) in [7, 11) is 0. The minimum Gasteiger partial charge on any atom is -0.459 e. The minimum atomic E-state index is -0.658. The summed E-state index contributed by atoms with van der Waals surface area (Å²) in [5.74, 6) is -1.69. The summed E-state index contributed by atoms with van der Waals surface area (Å²) in [6, 6.07) is 3.06. The normalized spacial score (nSPS) is 16.6. The smallest absolute Gasteiger partial charge is 0.349 e. The number of hydrogen-bond acceptors (Lipinski definition) is 15. The van der Waals surface area contributed by atoms with Gasteiger partial charge in [-0.05, 0) is 74.4 Å². The third-order valence-corrected chi connectivity index (χ3v) is 7.41. The summed E-state index contributed by atoms with van der Waals surface area (Å²) in [4.78, 5) is 75.4. The number of nitrogens with zero attached hydrogens (tertiary/aromatic N) is 5. The van der Waals surface area contributed by atoms with Gasteiger partial charge in [-0.15, -0.1) is 0 Å². The second kappa shape index (κ2) is 20.2. The highest BCUT2D eigenvalue weighted by atomic mass is 127. The lowest BCUT2D eigenvalue weighted by atomic mass is 10.2. The lowest BCUT2D eigenvalue weighted by molar-refractivity contribution is -0.158. The quantitative estimate of drug-likeness (QED) is 0.144. The Morgan fingerprint density at radius 3 is 1.27 bits per heavy atom. The lowest BCUT2D eigenvalue weighted by Crippen LogP contribution is -2.50. The first kappa shape index (κ1) is 44.0. The largest absolute Gasteiger partial charge is 0.459 e. The molecule has 2 N–H and O–H groups in total. The number of pyridine rings is 1. The highest BCUT2D eigenvalue weighted by molar-refractivity contribution is 14.1. The highest BCUT2D eigenvalue weighted by Crippen LogP contribution is 2.12. The fourth-order valence-electron chi connectivity index (χ4n) is 4.89. The first-order chi connectivity index (χ1) is 23.6. The number of hydrogen-bond donors (Lipinski definition) is 2. The predicted molar refractivity (Wildman–Crippen MR) is 199 cm³/mol. The maximum absolute atomic E-state index is 13.1. The topological polar surface area (TPSA) is 172 Å². The average molecular weight is 834 g/mol. The van der Waals surface area contributed by atoms with Crippen molar-refractivity contribution in [2.75, 3.05) is 84.0 Å². The van der Waals surface area contributed by atoms with Crippen LogP contribution in [0.5, 0.6) is 0 Å². The Bertz CT molecular complexity index is 1260. The molecule has 1 aromatic rings. The zero-order valence-corrected chi connectivity index (χ0v) is 33.7. The fraction of sp³-hybridized carbons (Fsp3) is 0.706. The Morgan fingerprint density at radius 1 is 0.627 bits per heavy atom. The summed E-state index contributed by atoms with van der Waals surface area (Å²) in [6.45, 7) is 19.8. The molecule has 0 aliphatic carbocycles. The van der Waals surface area contributed by atoms with Crippen molar-refractivity contribution >= 4 is 58.6 Å². The third kappa shape index (κ3) is 19.9. The fourth-order valence-corrected chi connectivity index (χ4v) is 5.14. The Balaban J connectivity index is 2.25. The predicted octanol–water partition coefficient (Wildman–Crippen LogP) is 2.28. The van der Waals surface area contributed by atoms with E-state index in [-0.39, 0.29) is 55.6 Å². The van der Waals surface area contributed by atoms with Crippen molar-refractivity contribution in [3.8, 4) is 0 Å². The SMILES string of the molecule is CC(C)(C)OC(=O)CN1CCN(CC(=O)NNc2ccc(C(=O)OI)cn2)CCN(CC(=O)OC(C)(C)C)CCN(CC(=O)OC(C)(C)C)CC1. The molecule has 0 saturated carbocycles. The van der Waals surface area contributed by atoms with Crippen molar-refractivity contribution in [3.05, 3.63) is 23.9 Å². The molecule has 1 aliphatic heterocycles. The second-order valence-corrected chi connectivity index (χ2v) is 15.8. The number of amides is 1. The van der Waals surface area contributed by atoms with Crippen LogP contribution in [0, 0.1) is 0 Å². The van der Waals surface area contributed by atoms with Crippen LogP contribution in [0.25, 0.3) is 0 Å². The molecule has 0 spiro atoms. The molecule has 1 amide bonds. The number of anilines is 1. The first-order valence-electron chi connectivity index (χ1n) is 17.0. The Morgan fingerprint density at radius 2 is 0.980 bits per heavy atom. The maximum atomic E-state index is 13.1. The third-order valence-electron chi connectivity index (χ3n) is 7.01. The Kier molecular flexibility index (Phi) is 17.4. The van der Waals surface area contributed by atoms with E-state index in [0.717, 1.165) is 0 Å². The Hall–Kier alpha value is -3.13. The van der Waals surface area contributed by atoms with Crippen LogP contribution in [0.4, 0.5) is 5.82 Å². The van der Waals surface area contributed by atoms with Gasteiger partial charge in [0, 0.05) is 58.6 Å². The molecule has 2 heterocycles. The van der Waals surface area contributed by atoms with E-state index in [1.54, 1.807) is 0 Å². The molecule has 2 rings (SSSR count). The summed E-state index contributed by atoms with van der Waals surface area (Å²) in [6.07, 6.45) is 1.33. The van der Waals surface area contributed by atoms with Crippen molar-refractivity contribution in [2.24, 2.45) is 0 Å². The number of halogens is 1. The number of nitrogens with one attached hydrogen (secondary N) is 2. The van der Waals surface area contributed by atoms with Gasteiger partial charge in [0.25, 0.3) is 5.91 Å². The van der Waals surface area contributed by atoms with Crippen molar-refractivity contribution in [1.29, 1.82) is 0 Å². The number of ether oxygens (including phenoxy) is 3. The number of aromatic nitrogens is 1. The molecule has 1 saturated heterocycles. The van der Waals surface area contributed by atoms with E-state index >= 15 is 0 Å². The van der Waals surface area contributed by atoms with Gasteiger partial charge in [0.05, 0.1) is 31.7 Å². The number of carbonyl (C=O) groups excluding carboxylic acids is 5. The zero-order valence-electron chi connectivity index (χ0n) is 31.5. The number of carbonyl (C=O) groups is 5. The molecule has 17 heteroatoms. The van der Waals surface area contributed by atoms with Gasteiger partial charge in [-0.25, -0.2) is 9.78 Å². The molecule has 0 bridgehead atoms.